The molecule has 208 valence electrons. The van der Waals surface area contributed by atoms with Gasteiger partial charge in [-0.05, 0) is 68.3 Å². The highest BCUT2D eigenvalue weighted by Gasteiger charge is 2.48. The van der Waals surface area contributed by atoms with Crippen molar-refractivity contribution in [3.8, 4) is 11.5 Å². The first-order valence-electron chi connectivity index (χ1n) is 13.4. The number of anilines is 1. The Labute approximate surface area is 240 Å². The minimum Gasteiger partial charge on any atom is -0.505 e. The Morgan fingerprint density at radius 2 is 1.78 bits per heavy atom. The molecule has 10 heteroatoms. The Morgan fingerprint density at radius 1 is 1.00 bits per heavy atom. The normalized spacial score (nSPS) is 16.7. The van der Waals surface area contributed by atoms with Crippen molar-refractivity contribution in [1.82, 2.24) is 14.4 Å². The second kappa shape index (κ2) is 10.7. The van der Waals surface area contributed by atoms with Crippen LogP contribution >= 0.6 is 11.3 Å². The van der Waals surface area contributed by atoms with Crippen LogP contribution in [0.5, 0.6) is 11.5 Å². The first-order valence-corrected chi connectivity index (χ1v) is 14.2. The van der Waals surface area contributed by atoms with Gasteiger partial charge in [0.1, 0.15) is 22.8 Å². The standard InChI is InChI=1S/C31H28N4O5S/c1-4-16-40-20-11-9-19(10-12-20)27-25(28(36)26-18(3)32-24-8-6-7-15-34(24)26)29(37)30(38)35(27)31-33-22-14-13-21(39-5-2)17-23(22)41-31/h6-15,17,27,36H,4-5,16H2,1-3H3/b28-25+. The summed E-state index contributed by atoms with van der Waals surface area (Å²) in [6.07, 6.45) is 2.63. The van der Waals surface area contributed by atoms with Crippen molar-refractivity contribution in [2.45, 2.75) is 33.2 Å². The maximum atomic E-state index is 13.7. The molecule has 1 aliphatic rings. The average Bonchev–Trinajstić information content (AvgIpc) is 3.62. The number of nitrogens with zero attached hydrogens (tertiary/aromatic N) is 4. The number of carbonyl (C=O) groups is 2. The Morgan fingerprint density at radius 3 is 2.54 bits per heavy atom. The predicted molar refractivity (Wildman–Crippen MR) is 158 cm³/mol. The van der Waals surface area contributed by atoms with E-state index in [9.17, 15) is 14.7 Å². The number of ether oxygens (including phenoxy) is 2. The number of aryl methyl sites for hydroxylation is 1. The third kappa shape index (κ3) is 4.59. The second-order valence-electron chi connectivity index (χ2n) is 9.62. The number of hydrogen-bond acceptors (Lipinski definition) is 8. The van der Waals surface area contributed by atoms with Crippen molar-refractivity contribution in [2.24, 2.45) is 0 Å². The molecule has 0 aliphatic carbocycles. The van der Waals surface area contributed by atoms with E-state index in [-0.39, 0.29) is 11.3 Å². The van der Waals surface area contributed by atoms with Gasteiger partial charge in [0.25, 0.3) is 5.78 Å². The summed E-state index contributed by atoms with van der Waals surface area (Å²) in [7, 11) is 0. The number of aromatic nitrogens is 3. The fraction of sp³-hybridized carbons (Fsp3) is 0.226. The van der Waals surface area contributed by atoms with E-state index < -0.39 is 17.7 Å². The lowest BCUT2D eigenvalue weighted by Crippen LogP contribution is -2.29. The molecule has 0 spiro atoms. The Hall–Kier alpha value is -4.70. The van der Waals surface area contributed by atoms with Gasteiger partial charge in [0.15, 0.2) is 10.9 Å². The number of pyridine rings is 1. The maximum absolute atomic E-state index is 13.7. The zero-order chi connectivity index (χ0) is 28.7. The van der Waals surface area contributed by atoms with E-state index in [1.54, 1.807) is 29.7 Å². The molecule has 0 bridgehead atoms. The van der Waals surface area contributed by atoms with Crippen LogP contribution in [0.15, 0.2) is 72.4 Å². The number of carbonyl (C=O) groups excluding carboxylic acids is 2. The van der Waals surface area contributed by atoms with Gasteiger partial charge in [-0.25, -0.2) is 9.97 Å². The lowest BCUT2D eigenvalue weighted by Gasteiger charge is -2.23. The summed E-state index contributed by atoms with van der Waals surface area (Å²) in [5, 5.41) is 12.1. The zero-order valence-corrected chi connectivity index (χ0v) is 23.6. The van der Waals surface area contributed by atoms with Crippen molar-refractivity contribution in [3.63, 3.8) is 0 Å². The molecule has 9 nitrogen and oxygen atoms in total. The Balaban J connectivity index is 1.53. The number of imidazole rings is 1. The van der Waals surface area contributed by atoms with Crippen molar-refractivity contribution >= 4 is 49.8 Å². The number of aliphatic hydroxyl groups is 1. The van der Waals surface area contributed by atoms with Gasteiger partial charge >= 0.3 is 5.91 Å². The predicted octanol–water partition coefficient (Wildman–Crippen LogP) is 6.07. The highest BCUT2D eigenvalue weighted by molar-refractivity contribution is 7.22. The van der Waals surface area contributed by atoms with E-state index in [0.29, 0.717) is 58.0 Å². The van der Waals surface area contributed by atoms with Gasteiger partial charge in [-0.15, -0.1) is 0 Å². The van der Waals surface area contributed by atoms with Gasteiger partial charge in [0.05, 0.1) is 40.7 Å². The molecule has 1 fully saturated rings. The minimum absolute atomic E-state index is 0.0276. The molecular weight excluding hydrogens is 540 g/mol. The van der Waals surface area contributed by atoms with Gasteiger partial charge < -0.3 is 14.6 Å². The maximum Gasteiger partial charge on any atom is 0.301 e. The van der Waals surface area contributed by atoms with Gasteiger partial charge in [0, 0.05) is 6.20 Å². The van der Waals surface area contributed by atoms with Crippen LogP contribution in [0.3, 0.4) is 0 Å². The van der Waals surface area contributed by atoms with Crippen LogP contribution in [0.1, 0.15) is 43.3 Å². The highest BCUT2D eigenvalue weighted by Crippen LogP contribution is 2.45. The fourth-order valence-corrected chi connectivity index (χ4v) is 6.11. The molecule has 0 saturated carbocycles. The third-order valence-corrected chi connectivity index (χ3v) is 7.92. The summed E-state index contributed by atoms with van der Waals surface area (Å²) in [5.74, 6) is -0.483. The molecule has 2 aromatic carbocycles. The number of thiazole rings is 1. The van der Waals surface area contributed by atoms with Gasteiger partial charge in [-0.1, -0.05) is 36.5 Å². The monoisotopic (exact) mass is 568 g/mol. The molecule has 1 saturated heterocycles. The largest absolute Gasteiger partial charge is 0.505 e. The molecule has 1 aliphatic heterocycles. The molecule has 6 rings (SSSR count). The molecule has 3 aromatic heterocycles. The SMILES string of the molecule is CCCOc1ccc(C2/C(=C(\O)c3c(C)nc4ccccn34)C(=O)C(=O)N2c2nc3ccc(OCC)cc3s2)cc1. The summed E-state index contributed by atoms with van der Waals surface area (Å²) in [5.41, 5.74) is 2.79. The van der Waals surface area contributed by atoms with Crippen LogP contribution < -0.4 is 14.4 Å². The number of aliphatic hydroxyl groups excluding tert-OH is 1. The van der Waals surface area contributed by atoms with Crippen LogP contribution in [-0.4, -0.2) is 44.4 Å². The highest BCUT2D eigenvalue weighted by atomic mass is 32.1. The number of fused-ring (bicyclic) bond motifs is 2. The third-order valence-electron chi connectivity index (χ3n) is 6.91. The number of amides is 1. The van der Waals surface area contributed by atoms with E-state index in [4.69, 9.17) is 14.5 Å². The van der Waals surface area contributed by atoms with E-state index >= 15 is 0 Å². The molecular formula is C31H28N4O5S. The molecule has 41 heavy (non-hydrogen) atoms. The van der Waals surface area contributed by atoms with Crippen LogP contribution in [0.25, 0.3) is 21.6 Å². The Bertz CT molecular complexity index is 1820. The lowest BCUT2D eigenvalue weighted by molar-refractivity contribution is -0.132. The molecule has 1 atom stereocenters. The molecule has 5 aromatic rings. The smallest absolute Gasteiger partial charge is 0.301 e. The number of rotatable bonds is 8. The summed E-state index contributed by atoms with van der Waals surface area (Å²) < 4.78 is 13.9. The number of hydrogen-bond donors (Lipinski definition) is 1. The van der Waals surface area contributed by atoms with Crippen LogP contribution in [-0.2, 0) is 9.59 Å². The van der Waals surface area contributed by atoms with Crippen molar-refractivity contribution in [1.29, 1.82) is 0 Å². The Kier molecular flexibility index (Phi) is 6.92. The molecule has 0 radical (unpaired) electrons. The molecule has 1 amide bonds. The number of ketones is 1. The fourth-order valence-electron chi connectivity index (χ4n) is 5.09. The second-order valence-corrected chi connectivity index (χ2v) is 10.6. The average molecular weight is 569 g/mol. The van der Waals surface area contributed by atoms with Gasteiger partial charge in [0.2, 0.25) is 0 Å². The van der Waals surface area contributed by atoms with E-state index in [1.807, 2.05) is 62.4 Å². The van der Waals surface area contributed by atoms with Gasteiger partial charge in [-0.2, -0.15) is 0 Å². The lowest BCUT2D eigenvalue weighted by atomic mass is 9.96. The number of Topliss-reactive ketones (excluding diaryl/α,β-unsaturated/α-hetero) is 1. The summed E-state index contributed by atoms with van der Waals surface area (Å²) in [6.45, 7) is 6.79. The minimum atomic E-state index is -0.921. The van der Waals surface area contributed by atoms with Crippen molar-refractivity contribution in [3.05, 3.63) is 89.4 Å². The molecule has 1 unspecified atom stereocenters. The van der Waals surface area contributed by atoms with Crippen molar-refractivity contribution < 1.29 is 24.2 Å². The van der Waals surface area contributed by atoms with Crippen molar-refractivity contribution in [2.75, 3.05) is 18.1 Å². The molecule has 4 heterocycles. The molecule has 1 N–H and O–H groups in total. The van der Waals surface area contributed by atoms with Crippen LogP contribution in [0, 0.1) is 6.92 Å². The van der Waals surface area contributed by atoms with Crippen LogP contribution in [0.2, 0.25) is 0 Å². The first kappa shape index (κ1) is 26.5. The van der Waals surface area contributed by atoms with E-state index in [1.165, 1.54) is 16.2 Å². The summed E-state index contributed by atoms with van der Waals surface area (Å²) in [4.78, 5) is 38.0. The van der Waals surface area contributed by atoms with Crippen LogP contribution in [0.4, 0.5) is 5.13 Å². The van der Waals surface area contributed by atoms with Gasteiger partial charge in [-0.3, -0.25) is 18.9 Å². The summed E-state index contributed by atoms with van der Waals surface area (Å²) >= 11 is 1.29. The topological polar surface area (TPSA) is 106 Å². The number of benzene rings is 2. The first-order chi connectivity index (χ1) is 19.9. The quantitative estimate of drug-likeness (QED) is 0.138. The van der Waals surface area contributed by atoms with E-state index in [0.717, 1.165) is 11.1 Å². The summed E-state index contributed by atoms with van der Waals surface area (Å²) in [6, 6.07) is 17.3. The van der Waals surface area contributed by atoms with E-state index in [2.05, 4.69) is 4.98 Å². The zero-order valence-electron chi connectivity index (χ0n) is 22.8.